The standard InChI is InChI=1S/C27H29O2P/c1-27(2,3)23-15-10-16-25(26(23)29-19-28-4)30(21-12-6-5-7-13-21)24-18-17-20-11-8-9-14-22(20)24/h5-18,24H,19H2,1-4H3. The van der Waals surface area contributed by atoms with Crippen molar-refractivity contribution in [3.8, 4) is 5.75 Å². The van der Waals surface area contributed by atoms with Gasteiger partial charge in [0.05, 0.1) is 0 Å². The van der Waals surface area contributed by atoms with Crippen LogP contribution in [0.5, 0.6) is 5.75 Å². The summed E-state index contributed by atoms with van der Waals surface area (Å²) < 4.78 is 11.6. The molecule has 0 fully saturated rings. The van der Waals surface area contributed by atoms with Crippen molar-refractivity contribution in [2.45, 2.75) is 31.8 Å². The van der Waals surface area contributed by atoms with Gasteiger partial charge < -0.3 is 9.47 Å². The quantitative estimate of drug-likeness (QED) is 0.354. The number of fused-ring (bicyclic) bond motifs is 1. The topological polar surface area (TPSA) is 18.5 Å². The van der Waals surface area contributed by atoms with E-state index in [4.69, 9.17) is 9.47 Å². The van der Waals surface area contributed by atoms with Crippen molar-refractivity contribution in [2.24, 2.45) is 0 Å². The lowest BCUT2D eigenvalue weighted by molar-refractivity contribution is 0.0506. The summed E-state index contributed by atoms with van der Waals surface area (Å²) in [5.74, 6) is 0.972. The van der Waals surface area contributed by atoms with Gasteiger partial charge in [-0.25, -0.2) is 0 Å². The maximum atomic E-state index is 6.26. The smallest absolute Gasteiger partial charge is 0.188 e. The van der Waals surface area contributed by atoms with Crippen LogP contribution in [0.4, 0.5) is 0 Å². The lowest BCUT2D eigenvalue weighted by Crippen LogP contribution is -2.23. The molecule has 3 heteroatoms. The summed E-state index contributed by atoms with van der Waals surface area (Å²) in [6.45, 7) is 6.96. The van der Waals surface area contributed by atoms with Crippen LogP contribution in [0.15, 0.2) is 78.9 Å². The third kappa shape index (κ3) is 4.08. The van der Waals surface area contributed by atoms with E-state index in [1.807, 2.05) is 0 Å². The third-order valence-corrected chi connectivity index (χ3v) is 8.20. The van der Waals surface area contributed by atoms with Crippen LogP contribution in [-0.4, -0.2) is 13.9 Å². The third-order valence-electron chi connectivity index (χ3n) is 5.47. The van der Waals surface area contributed by atoms with E-state index in [2.05, 4.69) is 106 Å². The maximum absolute atomic E-state index is 6.26. The Morgan fingerprint density at radius 1 is 0.867 bits per heavy atom. The largest absolute Gasteiger partial charge is 0.467 e. The summed E-state index contributed by atoms with van der Waals surface area (Å²) in [5.41, 5.74) is 4.22. The minimum atomic E-state index is -0.707. The molecule has 0 radical (unpaired) electrons. The summed E-state index contributed by atoms with van der Waals surface area (Å²) in [5, 5.41) is 2.62. The van der Waals surface area contributed by atoms with Crippen LogP contribution >= 0.6 is 7.92 Å². The molecule has 0 saturated heterocycles. The van der Waals surface area contributed by atoms with Crippen LogP contribution in [0.3, 0.4) is 0 Å². The molecule has 0 spiro atoms. The average Bonchev–Trinajstić information content (AvgIpc) is 3.17. The van der Waals surface area contributed by atoms with E-state index in [1.54, 1.807) is 7.11 Å². The van der Waals surface area contributed by atoms with Crippen molar-refractivity contribution in [2.75, 3.05) is 13.9 Å². The molecule has 3 aromatic carbocycles. The summed E-state index contributed by atoms with van der Waals surface area (Å²) >= 11 is 0. The van der Waals surface area contributed by atoms with Crippen molar-refractivity contribution >= 4 is 24.6 Å². The maximum Gasteiger partial charge on any atom is 0.188 e. The Bertz CT molecular complexity index is 1030. The monoisotopic (exact) mass is 416 g/mol. The molecule has 0 N–H and O–H groups in total. The fourth-order valence-corrected chi connectivity index (χ4v) is 6.88. The Balaban J connectivity index is 1.92. The lowest BCUT2D eigenvalue weighted by atomic mass is 9.86. The molecule has 1 aliphatic carbocycles. The van der Waals surface area contributed by atoms with E-state index in [9.17, 15) is 0 Å². The first-order chi connectivity index (χ1) is 14.5. The molecular formula is C27H29O2P. The first kappa shape index (κ1) is 20.8. The van der Waals surface area contributed by atoms with Gasteiger partial charge in [-0.05, 0) is 29.8 Å². The predicted molar refractivity (Wildman–Crippen MR) is 128 cm³/mol. The van der Waals surface area contributed by atoms with Crippen molar-refractivity contribution in [3.63, 3.8) is 0 Å². The highest BCUT2D eigenvalue weighted by Crippen LogP contribution is 2.56. The van der Waals surface area contributed by atoms with E-state index < -0.39 is 7.92 Å². The molecule has 0 aromatic heterocycles. The molecule has 0 heterocycles. The van der Waals surface area contributed by atoms with Crippen LogP contribution in [0, 0.1) is 0 Å². The second kappa shape index (κ2) is 8.76. The Labute approximate surface area is 181 Å². The van der Waals surface area contributed by atoms with Gasteiger partial charge in [0, 0.05) is 23.6 Å². The van der Waals surface area contributed by atoms with Crippen LogP contribution in [0.25, 0.3) is 6.08 Å². The van der Waals surface area contributed by atoms with E-state index in [0.29, 0.717) is 5.66 Å². The van der Waals surface area contributed by atoms with Gasteiger partial charge in [-0.15, -0.1) is 0 Å². The van der Waals surface area contributed by atoms with Crippen molar-refractivity contribution in [1.82, 2.24) is 0 Å². The Kier molecular flexibility index (Phi) is 6.09. The number of rotatable bonds is 6. The molecule has 30 heavy (non-hydrogen) atoms. The molecule has 154 valence electrons. The van der Waals surface area contributed by atoms with Crippen molar-refractivity contribution < 1.29 is 9.47 Å². The molecule has 2 nitrogen and oxygen atoms in total. The van der Waals surface area contributed by atoms with E-state index in [0.717, 1.165) is 5.75 Å². The molecule has 3 aromatic rings. The summed E-state index contributed by atoms with van der Waals surface area (Å²) in [6, 6.07) is 26.2. The SMILES string of the molecule is COCOc1c(P(c2ccccc2)C2C=Cc3ccccc32)cccc1C(C)(C)C. The highest BCUT2D eigenvalue weighted by molar-refractivity contribution is 7.73. The van der Waals surface area contributed by atoms with Crippen molar-refractivity contribution in [1.29, 1.82) is 0 Å². The molecule has 2 atom stereocenters. The van der Waals surface area contributed by atoms with Gasteiger partial charge >= 0.3 is 0 Å². The second-order valence-electron chi connectivity index (χ2n) is 8.59. The minimum absolute atomic E-state index is 0.0276. The van der Waals surface area contributed by atoms with E-state index in [-0.39, 0.29) is 12.2 Å². The Hall–Kier alpha value is -2.41. The molecule has 4 rings (SSSR count). The number of hydrogen-bond donors (Lipinski definition) is 0. The normalized spacial score (nSPS) is 16.3. The van der Waals surface area contributed by atoms with Crippen LogP contribution in [0.2, 0.25) is 0 Å². The van der Waals surface area contributed by atoms with Crippen LogP contribution in [-0.2, 0) is 10.2 Å². The van der Waals surface area contributed by atoms with Gasteiger partial charge in [0.25, 0.3) is 0 Å². The van der Waals surface area contributed by atoms with Gasteiger partial charge in [0.15, 0.2) is 6.79 Å². The van der Waals surface area contributed by atoms with E-state index in [1.165, 1.54) is 27.3 Å². The minimum Gasteiger partial charge on any atom is -0.467 e. The van der Waals surface area contributed by atoms with E-state index >= 15 is 0 Å². The molecule has 0 bridgehead atoms. The number of methoxy groups -OCH3 is 1. The van der Waals surface area contributed by atoms with Crippen LogP contribution < -0.4 is 15.3 Å². The molecule has 0 saturated carbocycles. The van der Waals surface area contributed by atoms with Gasteiger partial charge in [0.1, 0.15) is 5.75 Å². The second-order valence-corrected chi connectivity index (χ2v) is 10.9. The highest BCUT2D eigenvalue weighted by atomic mass is 31.1. The summed E-state index contributed by atoms with van der Waals surface area (Å²) in [6.07, 6.45) is 4.63. The summed E-state index contributed by atoms with van der Waals surface area (Å²) in [4.78, 5) is 0. The Morgan fingerprint density at radius 2 is 1.60 bits per heavy atom. The lowest BCUT2D eigenvalue weighted by Gasteiger charge is -2.31. The zero-order valence-electron chi connectivity index (χ0n) is 18.1. The summed E-state index contributed by atoms with van der Waals surface area (Å²) in [7, 11) is 0.969. The first-order valence-corrected chi connectivity index (χ1v) is 11.8. The Morgan fingerprint density at radius 3 is 2.33 bits per heavy atom. The van der Waals surface area contributed by atoms with Crippen molar-refractivity contribution in [3.05, 3.63) is 95.6 Å². The first-order valence-electron chi connectivity index (χ1n) is 10.4. The number of para-hydroxylation sites is 1. The average molecular weight is 417 g/mol. The van der Waals surface area contributed by atoms with Gasteiger partial charge in [0.2, 0.25) is 0 Å². The molecule has 0 amide bonds. The fraction of sp³-hybridized carbons (Fsp3) is 0.259. The number of ether oxygens (including phenoxy) is 2. The zero-order chi connectivity index (χ0) is 21.1. The van der Waals surface area contributed by atoms with Gasteiger partial charge in [-0.2, -0.15) is 0 Å². The van der Waals surface area contributed by atoms with Gasteiger partial charge in [-0.3, -0.25) is 0 Å². The molecule has 0 aliphatic heterocycles. The molecule has 1 aliphatic rings. The fourth-order valence-electron chi connectivity index (χ4n) is 4.07. The number of benzene rings is 3. The molecular weight excluding hydrogens is 387 g/mol. The van der Waals surface area contributed by atoms with Crippen LogP contribution in [0.1, 0.15) is 43.1 Å². The number of hydrogen-bond acceptors (Lipinski definition) is 2. The number of allylic oxidation sites excluding steroid dienone is 1. The molecule has 2 unspecified atom stereocenters. The highest BCUT2D eigenvalue weighted by Gasteiger charge is 2.32. The van der Waals surface area contributed by atoms with Gasteiger partial charge in [-0.1, -0.05) is 106 Å². The predicted octanol–water partition coefficient (Wildman–Crippen LogP) is 6.17. The zero-order valence-corrected chi connectivity index (χ0v) is 19.0.